The number of likely N-dealkylation sites (tertiary alicyclic amines) is 1. The first-order valence-corrected chi connectivity index (χ1v) is 7.90. The molecule has 0 bridgehead atoms. The van der Waals surface area contributed by atoms with E-state index in [0.29, 0.717) is 11.6 Å². The second-order valence-corrected chi connectivity index (χ2v) is 6.31. The standard InChI is InChI=1S/C16H20N4O/c21-16(14-13-5-7-17-15(13)19-10-18-14)20-8-6-12(9-20)11-3-1-2-4-11/h5,7,10-12H,1-4,6,8-9H2,(H,17,18,19). The number of carbonyl (C=O) groups is 1. The van der Waals surface area contributed by atoms with Crippen LogP contribution in [0.2, 0.25) is 0 Å². The lowest BCUT2D eigenvalue weighted by atomic mass is 9.90. The van der Waals surface area contributed by atoms with Crippen LogP contribution >= 0.6 is 0 Å². The Morgan fingerprint density at radius 1 is 1.19 bits per heavy atom. The number of aromatic amines is 1. The Morgan fingerprint density at radius 2 is 2.05 bits per heavy atom. The van der Waals surface area contributed by atoms with Crippen molar-refractivity contribution in [2.24, 2.45) is 11.8 Å². The van der Waals surface area contributed by atoms with Gasteiger partial charge in [-0.3, -0.25) is 4.79 Å². The summed E-state index contributed by atoms with van der Waals surface area (Å²) in [4.78, 5) is 26.1. The zero-order valence-electron chi connectivity index (χ0n) is 12.1. The molecule has 1 atom stereocenters. The van der Waals surface area contributed by atoms with Crippen molar-refractivity contribution < 1.29 is 4.79 Å². The van der Waals surface area contributed by atoms with Crippen LogP contribution in [0.15, 0.2) is 18.6 Å². The van der Waals surface area contributed by atoms with Gasteiger partial charge in [0.05, 0.1) is 5.39 Å². The second-order valence-electron chi connectivity index (χ2n) is 6.31. The van der Waals surface area contributed by atoms with Crippen LogP contribution in [0.1, 0.15) is 42.6 Å². The summed E-state index contributed by atoms with van der Waals surface area (Å²) in [5.74, 6) is 1.59. The van der Waals surface area contributed by atoms with Gasteiger partial charge in [-0.15, -0.1) is 0 Å². The Hall–Kier alpha value is -1.91. The Morgan fingerprint density at radius 3 is 2.90 bits per heavy atom. The summed E-state index contributed by atoms with van der Waals surface area (Å²) in [6.07, 6.45) is 9.86. The number of nitrogens with zero attached hydrogens (tertiary/aromatic N) is 3. The van der Waals surface area contributed by atoms with Gasteiger partial charge in [0.25, 0.3) is 5.91 Å². The molecule has 2 fully saturated rings. The second kappa shape index (κ2) is 5.13. The van der Waals surface area contributed by atoms with Crippen LogP contribution in [-0.2, 0) is 0 Å². The van der Waals surface area contributed by atoms with Gasteiger partial charge in [0.1, 0.15) is 17.7 Å². The van der Waals surface area contributed by atoms with Crippen LogP contribution in [-0.4, -0.2) is 38.8 Å². The first kappa shape index (κ1) is 12.8. The number of rotatable bonds is 2. The minimum atomic E-state index is 0.0579. The first-order valence-electron chi connectivity index (χ1n) is 7.90. The highest BCUT2D eigenvalue weighted by molar-refractivity contribution is 6.03. The van der Waals surface area contributed by atoms with E-state index in [0.717, 1.165) is 36.5 Å². The van der Waals surface area contributed by atoms with Gasteiger partial charge in [0.15, 0.2) is 0 Å². The predicted octanol–water partition coefficient (Wildman–Crippen LogP) is 2.61. The number of carbonyl (C=O) groups excluding carboxylic acids is 1. The molecule has 1 saturated carbocycles. The average molecular weight is 284 g/mol. The molecule has 5 heteroatoms. The Bertz CT molecular complexity index is 659. The third-order valence-corrected chi connectivity index (χ3v) is 5.13. The van der Waals surface area contributed by atoms with Gasteiger partial charge in [0, 0.05) is 19.3 Å². The van der Waals surface area contributed by atoms with E-state index in [-0.39, 0.29) is 5.91 Å². The van der Waals surface area contributed by atoms with Gasteiger partial charge in [0.2, 0.25) is 0 Å². The normalized spacial score (nSPS) is 23.2. The lowest BCUT2D eigenvalue weighted by Gasteiger charge is -2.19. The summed E-state index contributed by atoms with van der Waals surface area (Å²) < 4.78 is 0. The van der Waals surface area contributed by atoms with Gasteiger partial charge in [-0.05, 0) is 24.3 Å². The van der Waals surface area contributed by atoms with E-state index >= 15 is 0 Å². The van der Waals surface area contributed by atoms with Crippen molar-refractivity contribution >= 4 is 16.9 Å². The molecule has 1 saturated heterocycles. The number of hydrogen-bond acceptors (Lipinski definition) is 3. The summed E-state index contributed by atoms with van der Waals surface area (Å²) in [6, 6.07) is 1.88. The molecule has 1 unspecified atom stereocenters. The fourth-order valence-electron chi connectivity index (χ4n) is 3.98. The molecule has 0 aromatic carbocycles. The fraction of sp³-hybridized carbons (Fsp3) is 0.562. The van der Waals surface area contributed by atoms with E-state index in [1.165, 1.54) is 32.0 Å². The molecule has 1 aliphatic heterocycles. The van der Waals surface area contributed by atoms with Crippen molar-refractivity contribution in [3.63, 3.8) is 0 Å². The maximum absolute atomic E-state index is 12.7. The summed E-state index contributed by atoms with van der Waals surface area (Å²) in [6.45, 7) is 1.77. The van der Waals surface area contributed by atoms with Crippen LogP contribution in [0.25, 0.3) is 11.0 Å². The first-order chi connectivity index (χ1) is 10.3. The van der Waals surface area contributed by atoms with Gasteiger partial charge in [-0.2, -0.15) is 0 Å². The van der Waals surface area contributed by atoms with Crippen molar-refractivity contribution in [3.8, 4) is 0 Å². The molecule has 1 amide bonds. The lowest BCUT2D eigenvalue weighted by molar-refractivity contribution is 0.0779. The summed E-state index contributed by atoms with van der Waals surface area (Å²) >= 11 is 0. The van der Waals surface area contributed by atoms with Crippen LogP contribution in [0.4, 0.5) is 0 Å². The summed E-state index contributed by atoms with van der Waals surface area (Å²) in [7, 11) is 0. The van der Waals surface area contributed by atoms with E-state index in [1.807, 2.05) is 11.0 Å². The van der Waals surface area contributed by atoms with Crippen LogP contribution in [0, 0.1) is 11.8 Å². The van der Waals surface area contributed by atoms with Gasteiger partial charge in [-0.25, -0.2) is 9.97 Å². The molecule has 0 radical (unpaired) electrons. The Labute approximate surface area is 123 Å². The molecule has 21 heavy (non-hydrogen) atoms. The minimum absolute atomic E-state index is 0.0579. The molecular formula is C16H20N4O. The molecule has 2 aromatic heterocycles. The molecule has 1 N–H and O–H groups in total. The zero-order valence-corrected chi connectivity index (χ0v) is 12.1. The van der Waals surface area contributed by atoms with Crippen molar-refractivity contribution in [2.75, 3.05) is 13.1 Å². The summed E-state index contributed by atoms with van der Waals surface area (Å²) in [5, 5.41) is 0.826. The van der Waals surface area contributed by atoms with Crippen molar-refractivity contribution in [3.05, 3.63) is 24.3 Å². The SMILES string of the molecule is O=C(c1ncnc2[nH]ccc12)N1CCC(C2CCCC2)C1. The number of amides is 1. The molecule has 110 valence electrons. The number of fused-ring (bicyclic) bond motifs is 1. The monoisotopic (exact) mass is 284 g/mol. The molecule has 1 aliphatic carbocycles. The van der Waals surface area contributed by atoms with Crippen molar-refractivity contribution in [2.45, 2.75) is 32.1 Å². The highest BCUT2D eigenvalue weighted by Crippen LogP contribution is 2.36. The molecule has 2 aliphatic rings. The topological polar surface area (TPSA) is 61.9 Å². The quantitative estimate of drug-likeness (QED) is 0.922. The third kappa shape index (κ3) is 2.20. The van der Waals surface area contributed by atoms with E-state index in [2.05, 4.69) is 15.0 Å². The maximum atomic E-state index is 12.7. The van der Waals surface area contributed by atoms with Crippen LogP contribution in [0.5, 0.6) is 0 Å². The van der Waals surface area contributed by atoms with E-state index in [1.54, 1.807) is 6.20 Å². The zero-order chi connectivity index (χ0) is 14.2. The maximum Gasteiger partial charge on any atom is 0.273 e. The van der Waals surface area contributed by atoms with E-state index in [9.17, 15) is 4.79 Å². The number of H-pyrrole nitrogens is 1. The van der Waals surface area contributed by atoms with Crippen molar-refractivity contribution in [1.29, 1.82) is 0 Å². The minimum Gasteiger partial charge on any atom is -0.346 e. The molecular weight excluding hydrogens is 264 g/mol. The molecule has 4 rings (SSSR count). The Balaban J connectivity index is 1.54. The number of nitrogens with one attached hydrogen (secondary N) is 1. The number of aromatic nitrogens is 3. The van der Waals surface area contributed by atoms with E-state index in [4.69, 9.17) is 0 Å². The van der Waals surface area contributed by atoms with Gasteiger partial charge in [-0.1, -0.05) is 25.7 Å². The van der Waals surface area contributed by atoms with Crippen LogP contribution < -0.4 is 0 Å². The molecule has 2 aromatic rings. The average Bonchev–Trinajstić information content (AvgIpc) is 3.23. The lowest BCUT2D eigenvalue weighted by Crippen LogP contribution is -2.30. The summed E-state index contributed by atoms with van der Waals surface area (Å²) in [5.41, 5.74) is 1.27. The fourth-order valence-corrected chi connectivity index (χ4v) is 3.98. The highest BCUT2D eigenvalue weighted by Gasteiger charge is 2.34. The van der Waals surface area contributed by atoms with Gasteiger partial charge < -0.3 is 9.88 Å². The van der Waals surface area contributed by atoms with Gasteiger partial charge >= 0.3 is 0 Å². The number of hydrogen-bond donors (Lipinski definition) is 1. The predicted molar refractivity (Wildman–Crippen MR) is 79.9 cm³/mol. The largest absolute Gasteiger partial charge is 0.346 e. The molecule has 3 heterocycles. The highest BCUT2D eigenvalue weighted by atomic mass is 16.2. The smallest absolute Gasteiger partial charge is 0.273 e. The van der Waals surface area contributed by atoms with Crippen molar-refractivity contribution in [1.82, 2.24) is 19.9 Å². The van der Waals surface area contributed by atoms with Crippen LogP contribution in [0.3, 0.4) is 0 Å². The van der Waals surface area contributed by atoms with E-state index < -0.39 is 0 Å². The Kier molecular flexibility index (Phi) is 3.13. The molecule has 5 nitrogen and oxygen atoms in total. The third-order valence-electron chi connectivity index (χ3n) is 5.13. The molecule has 0 spiro atoms.